The number of carbonyl (C=O) groups is 1. The van der Waals surface area contributed by atoms with Gasteiger partial charge in [0.05, 0.1) is 19.6 Å². The fourth-order valence-corrected chi connectivity index (χ4v) is 4.46. The topological polar surface area (TPSA) is 47.6 Å². The van der Waals surface area contributed by atoms with E-state index in [-0.39, 0.29) is 11.9 Å². The number of ether oxygens (including phenoxy) is 2. The van der Waals surface area contributed by atoms with Gasteiger partial charge in [-0.25, -0.2) is 0 Å². The maximum absolute atomic E-state index is 11.7. The molecule has 1 aromatic rings. The molecule has 24 heavy (non-hydrogen) atoms. The van der Waals surface area contributed by atoms with Gasteiger partial charge in [0.1, 0.15) is 5.75 Å². The van der Waals surface area contributed by atoms with Crippen molar-refractivity contribution in [3.63, 3.8) is 0 Å². The first kappa shape index (κ1) is 15.9. The lowest BCUT2D eigenvalue weighted by atomic mass is 9.66. The van der Waals surface area contributed by atoms with Gasteiger partial charge in [0, 0.05) is 6.54 Å². The highest BCUT2D eigenvalue weighted by Crippen LogP contribution is 2.48. The van der Waals surface area contributed by atoms with Crippen molar-refractivity contribution in [3.05, 3.63) is 29.8 Å². The molecule has 0 aromatic heterocycles. The van der Waals surface area contributed by atoms with E-state index in [1.807, 2.05) is 6.07 Å². The first-order valence-electron chi connectivity index (χ1n) is 9.22. The summed E-state index contributed by atoms with van der Waals surface area (Å²) in [4.78, 5) is 11.7. The van der Waals surface area contributed by atoms with Crippen molar-refractivity contribution in [2.24, 2.45) is 11.3 Å². The van der Waals surface area contributed by atoms with Gasteiger partial charge in [-0.2, -0.15) is 0 Å². The van der Waals surface area contributed by atoms with E-state index in [1.165, 1.54) is 44.8 Å². The quantitative estimate of drug-likeness (QED) is 0.814. The molecule has 1 atom stereocenters. The molecule has 1 aliphatic heterocycles. The summed E-state index contributed by atoms with van der Waals surface area (Å²) in [6.07, 6.45) is 6.87. The number of hydrogen-bond acceptors (Lipinski definition) is 4. The third-order valence-corrected chi connectivity index (χ3v) is 6.05. The summed E-state index contributed by atoms with van der Waals surface area (Å²) in [5.41, 5.74) is 1.72. The van der Waals surface area contributed by atoms with Crippen LogP contribution in [0.5, 0.6) is 5.75 Å². The number of nitrogens with one attached hydrogen (secondary N) is 1. The zero-order valence-electron chi connectivity index (χ0n) is 14.4. The van der Waals surface area contributed by atoms with Crippen LogP contribution in [0.2, 0.25) is 0 Å². The lowest BCUT2D eigenvalue weighted by Gasteiger charge is -2.44. The van der Waals surface area contributed by atoms with Crippen molar-refractivity contribution in [3.8, 4) is 5.75 Å². The van der Waals surface area contributed by atoms with E-state index in [4.69, 9.17) is 9.47 Å². The first-order valence-corrected chi connectivity index (χ1v) is 9.22. The maximum atomic E-state index is 11.7. The van der Waals surface area contributed by atoms with Gasteiger partial charge in [0.2, 0.25) is 0 Å². The second-order valence-corrected chi connectivity index (χ2v) is 7.87. The van der Waals surface area contributed by atoms with Gasteiger partial charge >= 0.3 is 5.97 Å². The lowest BCUT2D eigenvalue weighted by Crippen LogP contribution is -2.45. The van der Waals surface area contributed by atoms with Crippen LogP contribution in [-0.4, -0.2) is 32.3 Å². The lowest BCUT2D eigenvalue weighted by molar-refractivity contribution is -0.141. The Balaban J connectivity index is 1.40. The van der Waals surface area contributed by atoms with Gasteiger partial charge in [0.25, 0.3) is 0 Å². The highest BCUT2D eigenvalue weighted by molar-refractivity contribution is 5.70. The molecule has 4 rings (SSSR count). The Hall–Kier alpha value is -1.55. The minimum Gasteiger partial charge on any atom is -0.490 e. The van der Waals surface area contributed by atoms with Gasteiger partial charge < -0.3 is 14.8 Å². The van der Waals surface area contributed by atoms with E-state index in [0.717, 1.165) is 18.8 Å². The smallest absolute Gasteiger partial charge is 0.306 e. The monoisotopic (exact) mass is 329 g/mol. The minimum atomic E-state index is -0.118. The molecule has 0 radical (unpaired) electrons. The average molecular weight is 329 g/mol. The van der Waals surface area contributed by atoms with Crippen molar-refractivity contribution in [2.75, 3.05) is 20.2 Å². The van der Waals surface area contributed by atoms with Gasteiger partial charge in [-0.3, -0.25) is 4.79 Å². The largest absolute Gasteiger partial charge is 0.490 e. The molecule has 130 valence electrons. The third kappa shape index (κ3) is 3.30. The molecule has 1 saturated heterocycles. The highest BCUT2D eigenvalue weighted by Gasteiger charge is 2.47. The van der Waals surface area contributed by atoms with Crippen LogP contribution in [0.1, 0.15) is 50.0 Å². The predicted octanol–water partition coefficient (Wildman–Crippen LogP) is 3.26. The van der Waals surface area contributed by atoms with Gasteiger partial charge in [-0.1, -0.05) is 12.1 Å². The molecule has 1 heterocycles. The second-order valence-electron chi connectivity index (χ2n) is 7.87. The molecule has 2 saturated carbocycles. The third-order valence-electron chi connectivity index (χ3n) is 6.05. The Morgan fingerprint density at radius 1 is 1.38 bits per heavy atom. The molecule has 0 amide bonds. The molecule has 3 fully saturated rings. The van der Waals surface area contributed by atoms with Crippen LogP contribution >= 0.6 is 0 Å². The summed E-state index contributed by atoms with van der Waals surface area (Å²) < 4.78 is 11.1. The molecule has 1 spiro atoms. The Bertz CT molecular complexity index is 597. The molecule has 4 heteroatoms. The average Bonchev–Trinajstić information content (AvgIpc) is 3.29. The Morgan fingerprint density at radius 2 is 2.21 bits per heavy atom. The minimum absolute atomic E-state index is 0.118. The molecule has 3 aliphatic rings. The first-order chi connectivity index (χ1) is 11.7. The standard InChI is InChI=1S/C20H27NO3/c1-23-19(22)10-18(14-5-6-14)15-3-2-4-16(9-15)24-17-11-20(12-17)7-8-21-13-20/h2-4,9,14,17-18,21H,5-8,10-13H2,1H3/t17?,18-,20?/m0/s1. The molecule has 0 unspecified atom stereocenters. The summed E-state index contributed by atoms with van der Waals surface area (Å²) in [6, 6.07) is 8.37. The molecule has 2 aliphatic carbocycles. The van der Waals surface area contributed by atoms with Gasteiger partial charge in [-0.15, -0.1) is 0 Å². The van der Waals surface area contributed by atoms with Crippen LogP contribution in [-0.2, 0) is 9.53 Å². The Labute approximate surface area is 143 Å². The molecule has 1 N–H and O–H groups in total. The normalized spacial score (nSPS) is 30.0. The number of rotatable bonds is 6. The van der Waals surface area contributed by atoms with Crippen molar-refractivity contribution < 1.29 is 14.3 Å². The number of hydrogen-bond donors (Lipinski definition) is 1. The second kappa shape index (κ2) is 6.40. The predicted molar refractivity (Wildman–Crippen MR) is 92.1 cm³/mol. The van der Waals surface area contributed by atoms with E-state index in [0.29, 0.717) is 23.9 Å². The van der Waals surface area contributed by atoms with Crippen LogP contribution in [0.15, 0.2) is 24.3 Å². The van der Waals surface area contributed by atoms with Crippen LogP contribution in [0.3, 0.4) is 0 Å². The van der Waals surface area contributed by atoms with Crippen molar-refractivity contribution in [1.82, 2.24) is 5.32 Å². The van der Waals surface area contributed by atoms with Crippen molar-refractivity contribution >= 4 is 5.97 Å². The summed E-state index contributed by atoms with van der Waals surface area (Å²) in [5.74, 6) is 1.73. The van der Waals surface area contributed by atoms with Gasteiger partial charge in [0.15, 0.2) is 0 Å². The van der Waals surface area contributed by atoms with Crippen LogP contribution in [0, 0.1) is 11.3 Å². The van der Waals surface area contributed by atoms with Crippen LogP contribution < -0.4 is 10.1 Å². The molecule has 4 nitrogen and oxygen atoms in total. The highest BCUT2D eigenvalue weighted by atomic mass is 16.5. The Morgan fingerprint density at radius 3 is 2.88 bits per heavy atom. The van der Waals surface area contributed by atoms with Crippen LogP contribution in [0.25, 0.3) is 0 Å². The fourth-order valence-electron chi connectivity index (χ4n) is 4.46. The molecule has 0 bridgehead atoms. The zero-order valence-corrected chi connectivity index (χ0v) is 14.4. The SMILES string of the molecule is COC(=O)C[C@H](c1cccc(OC2CC3(CCNC3)C2)c1)C1CC1. The molecular formula is C20H27NO3. The van der Waals surface area contributed by atoms with E-state index in [1.54, 1.807) is 0 Å². The van der Waals surface area contributed by atoms with Crippen molar-refractivity contribution in [2.45, 2.75) is 50.5 Å². The fraction of sp³-hybridized carbons (Fsp3) is 0.650. The number of esters is 1. The maximum Gasteiger partial charge on any atom is 0.306 e. The van der Waals surface area contributed by atoms with Crippen LogP contribution in [0.4, 0.5) is 0 Å². The van der Waals surface area contributed by atoms with Crippen molar-refractivity contribution in [1.29, 1.82) is 0 Å². The summed E-state index contributed by atoms with van der Waals surface area (Å²) in [5, 5.41) is 3.47. The zero-order chi connectivity index (χ0) is 16.6. The molecular weight excluding hydrogens is 302 g/mol. The number of carbonyl (C=O) groups excluding carboxylic acids is 1. The number of methoxy groups -OCH3 is 1. The van der Waals surface area contributed by atoms with E-state index in [2.05, 4.69) is 23.5 Å². The van der Waals surface area contributed by atoms with Gasteiger partial charge in [-0.05, 0) is 73.6 Å². The summed E-state index contributed by atoms with van der Waals surface area (Å²) in [6.45, 7) is 2.30. The summed E-state index contributed by atoms with van der Waals surface area (Å²) in [7, 11) is 1.47. The van der Waals surface area contributed by atoms with E-state index >= 15 is 0 Å². The van der Waals surface area contributed by atoms with E-state index < -0.39 is 0 Å². The molecule has 1 aromatic carbocycles. The summed E-state index contributed by atoms with van der Waals surface area (Å²) >= 11 is 0. The number of benzene rings is 1. The Kier molecular flexibility index (Phi) is 4.25. The van der Waals surface area contributed by atoms with E-state index in [9.17, 15) is 4.79 Å².